The predicted molar refractivity (Wildman–Crippen MR) is 70.7 cm³/mol. The van der Waals surface area contributed by atoms with E-state index in [1.54, 1.807) is 0 Å². The van der Waals surface area contributed by atoms with Gasteiger partial charge in [0.2, 0.25) is 0 Å². The summed E-state index contributed by atoms with van der Waals surface area (Å²) in [6.07, 6.45) is 0.514. The van der Waals surface area contributed by atoms with Crippen molar-refractivity contribution in [3.05, 3.63) is 28.7 Å². The van der Waals surface area contributed by atoms with Crippen molar-refractivity contribution >= 4 is 16.7 Å². The fourth-order valence-corrected chi connectivity index (χ4v) is 2.47. The number of aromatic amines is 2. The summed E-state index contributed by atoms with van der Waals surface area (Å²) >= 11 is 0. The molecule has 2 aromatic rings. The van der Waals surface area contributed by atoms with Gasteiger partial charge < -0.3 is 20.4 Å². The molecule has 1 saturated carbocycles. The van der Waals surface area contributed by atoms with Crippen LogP contribution < -0.4 is 11.0 Å². The number of hydrogen-bond acceptors (Lipinski definition) is 3. The van der Waals surface area contributed by atoms with Crippen molar-refractivity contribution in [2.75, 3.05) is 5.32 Å². The third-order valence-corrected chi connectivity index (χ3v) is 4.07. The van der Waals surface area contributed by atoms with Crippen molar-refractivity contribution in [3.63, 3.8) is 0 Å². The third-order valence-electron chi connectivity index (χ3n) is 4.07. The lowest BCUT2D eigenvalue weighted by Crippen LogP contribution is -2.56. The topological polar surface area (TPSA) is 80.9 Å². The van der Waals surface area contributed by atoms with E-state index in [-0.39, 0.29) is 23.3 Å². The lowest BCUT2D eigenvalue weighted by molar-refractivity contribution is -0.0510. The first-order valence-corrected chi connectivity index (χ1v) is 6.13. The number of benzene rings is 1. The molecule has 1 aromatic heterocycles. The Morgan fingerprint density at radius 3 is 2.72 bits per heavy atom. The van der Waals surface area contributed by atoms with Crippen LogP contribution in [0.25, 0.3) is 11.0 Å². The molecule has 1 aliphatic rings. The molecule has 5 heteroatoms. The highest BCUT2D eigenvalue weighted by molar-refractivity contribution is 5.78. The van der Waals surface area contributed by atoms with Gasteiger partial charge in [0, 0.05) is 17.1 Å². The molecular formula is C13H17N3O2. The van der Waals surface area contributed by atoms with Gasteiger partial charge in [0.25, 0.3) is 0 Å². The first kappa shape index (κ1) is 11.3. The van der Waals surface area contributed by atoms with Gasteiger partial charge in [-0.3, -0.25) is 0 Å². The molecular weight excluding hydrogens is 230 g/mol. The Kier molecular flexibility index (Phi) is 2.28. The number of hydrogen-bond donors (Lipinski definition) is 4. The number of aliphatic hydroxyl groups is 1. The standard InChI is InChI=1S/C13H17N3O2/c1-13(2)10(6-11(13)17)14-7-3-4-8-9(5-7)16-12(18)15-8/h3-5,10-11,14,17H,6H2,1-2H3,(H2,15,16,18). The van der Waals surface area contributed by atoms with Crippen LogP contribution in [-0.4, -0.2) is 27.2 Å². The number of aromatic nitrogens is 2. The van der Waals surface area contributed by atoms with Gasteiger partial charge in [-0.05, 0) is 24.6 Å². The van der Waals surface area contributed by atoms with Crippen molar-refractivity contribution in [1.29, 1.82) is 0 Å². The molecule has 0 aliphatic heterocycles. The van der Waals surface area contributed by atoms with Crippen LogP contribution >= 0.6 is 0 Å². The molecule has 1 heterocycles. The van der Waals surface area contributed by atoms with E-state index in [1.807, 2.05) is 18.2 Å². The van der Waals surface area contributed by atoms with Gasteiger partial charge in [0.05, 0.1) is 17.1 Å². The Bertz CT molecular complexity index is 641. The highest BCUT2D eigenvalue weighted by atomic mass is 16.3. The average molecular weight is 247 g/mol. The smallest absolute Gasteiger partial charge is 0.323 e. The second-order valence-electron chi connectivity index (χ2n) is 5.61. The Morgan fingerprint density at radius 2 is 2.06 bits per heavy atom. The molecule has 1 aliphatic carbocycles. The Balaban J connectivity index is 1.85. The van der Waals surface area contributed by atoms with Gasteiger partial charge in [0.15, 0.2) is 0 Å². The molecule has 2 unspecified atom stereocenters. The lowest BCUT2D eigenvalue weighted by atomic mass is 9.64. The van der Waals surface area contributed by atoms with E-state index >= 15 is 0 Å². The average Bonchev–Trinajstić information content (AvgIpc) is 2.68. The number of aliphatic hydroxyl groups excluding tert-OH is 1. The Labute approximate surface area is 104 Å². The fraction of sp³-hybridized carbons (Fsp3) is 0.462. The maximum absolute atomic E-state index is 11.2. The van der Waals surface area contributed by atoms with E-state index in [9.17, 15) is 9.90 Å². The van der Waals surface area contributed by atoms with Gasteiger partial charge in [-0.25, -0.2) is 4.79 Å². The van der Waals surface area contributed by atoms with Crippen molar-refractivity contribution in [2.24, 2.45) is 5.41 Å². The third kappa shape index (κ3) is 1.62. The summed E-state index contributed by atoms with van der Waals surface area (Å²) in [4.78, 5) is 16.6. The summed E-state index contributed by atoms with van der Waals surface area (Å²) < 4.78 is 0. The minimum absolute atomic E-state index is 0.111. The summed E-state index contributed by atoms with van der Waals surface area (Å²) in [5.74, 6) is 0. The van der Waals surface area contributed by atoms with E-state index in [2.05, 4.69) is 29.1 Å². The summed E-state index contributed by atoms with van der Waals surface area (Å²) in [7, 11) is 0. The zero-order chi connectivity index (χ0) is 12.9. The molecule has 0 spiro atoms. The zero-order valence-corrected chi connectivity index (χ0v) is 10.4. The molecule has 0 amide bonds. The first-order chi connectivity index (χ1) is 8.46. The first-order valence-electron chi connectivity index (χ1n) is 6.13. The quantitative estimate of drug-likeness (QED) is 0.648. The minimum Gasteiger partial charge on any atom is -0.392 e. The molecule has 0 bridgehead atoms. The van der Waals surface area contributed by atoms with Crippen LogP contribution in [0, 0.1) is 5.41 Å². The highest BCUT2D eigenvalue weighted by Gasteiger charge is 2.47. The van der Waals surface area contributed by atoms with E-state index in [1.165, 1.54) is 0 Å². The SMILES string of the molecule is CC1(C)C(O)CC1Nc1ccc2[nH]c(=O)[nH]c2c1. The molecule has 1 aromatic carbocycles. The summed E-state index contributed by atoms with van der Waals surface area (Å²) in [5, 5.41) is 13.1. The largest absolute Gasteiger partial charge is 0.392 e. The van der Waals surface area contributed by atoms with E-state index in [0.29, 0.717) is 0 Å². The molecule has 18 heavy (non-hydrogen) atoms. The maximum Gasteiger partial charge on any atom is 0.323 e. The number of fused-ring (bicyclic) bond motifs is 1. The number of H-pyrrole nitrogens is 2. The monoisotopic (exact) mass is 247 g/mol. The summed E-state index contributed by atoms with van der Waals surface area (Å²) in [5.41, 5.74) is 2.26. The van der Waals surface area contributed by atoms with Crippen LogP contribution in [0.3, 0.4) is 0 Å². The van der Waals surface area contributed by atoms with Crippen molar-refractivity contribution < 1.29 is 5.11 Å². The molecule has 1 fully saturated rings. The van der Waals surface area contributed by atoms with Gasteiger partial charge in [-0.15, -0.1) is 0 Å². The highest BCUT2D eigenvalue weighted by Crippen LogP contribution is 2.42. The molecule has 3 rings (SSSR count). The van der Waals surface area contributed by atoms with Crippen molar-refractivity contribution in [1.82, 2.24) is 9.97 Å². The van der Waals surface area contributed by atoms with Gasteiger partial charge in [-0.2, -0.15) is 0 Å². The molecule has 5 nitrogen and oxygen atoms in total. The number of imidazole rings is 1. The molecule has 2 atom stereocenters. The molecule has 96 valence electrons. The van der Waals surface area contributed by atoms with Crippen LogP contribution in [0.1, 0.15) is 20.3 Å². The van der Waals surface area contributed by atoms with E-state index in [0.717, 1.165) is 23.1 Å². The minimum atomic E-state index is -0.245. The van der Waals surface area contributed by atoms with Crippen LogP contribution in [-0.2, 0) is 0 Å². The van der Waals surface area contributed by atoms with Crippen LogP contribution in [0.2, 0.25) is 0 Å². The normalized spacial score (nSPS) is 25.9. The molecule has 0 radical (unpaired) electrons. The fourth-order valence-electron chi connectivity index (χ4n) is 2.47. The van der Waals surface area contributed by atoms with Crippen LogP contribution in [0.5, 0.6) is 0 Å². The second-order valence-corrected chi connectivity index (χ2v) is 5.61. The van der Waals surface area contributed by atoms with Gasteiger partial charge in [-0.1, -0.05) is 13.8 Å². The summed E-state index contributed by atoms with van der Waals surface area (Å²) in [6.45, 7) is 4.10. The van der Waals surface area contributed by atoms with Crippen molar-refractivity contribution in [3.8, 4) is 0 Å². The maximum atomic E-state index is 11.2. The predicted octanol–water partition coefficient (Wildman–Crippen LogP) is 1.43. The second kappa shape index (κ2) is 3.62. The van der Waals surface area contributed by atoms with E-state index < -0.39 is 0 Å². The van der Waals surface area contributed by atoms with Crippen LogP contribution in [0.15, 0.2) is 23.0 Å². The number of anilines is 1. The Hall–Kier alpha value is -1.75. The number of rotatable bonds is 2. The molecule has 0 saturated heterocycles. The van der Waals surface area contributed by atoms with Crippen molar-refractivity contribution in [2.45, 2.75) is 32.4 Å². The lowest BCUT2D eigenvalue weighted by Gasteiger charge is -2.49. The van der Waals surface area contributed by atoms with Gasteiger partial charge in [0.1, 0.15) is 0 Å². The molecule has 4 N–H and O–H groups in total. The zero-order valence-electron chi connectivity index (χ0n) is 10.4. The number of nitrogens with one attached hydrogen (secondary N) is 3. The Morgan fingerprint density at radius 1 is 1.33 bits per heavy atom. The van der Waals surface area contributed by atoms with Gasteiger partial charge >= 0.3 is 5.69 Å². The summed E-state index contributed by atoms with van der Waals surface area (Å²) in [6, 6.07) is 5.98. The van der Waals surface area contributed by atoms with Crippen LogP contribution in [0.4, 0.5) is 5.69 Å². The van der Waals surface area contributed by atoms with E-state index in [4.69, 9.17) is 0 Å².